The topological polar surface area (TPSA) is 55.4 Å². The van der Waals surface area contributed by atoms with Crippen LogP contribution in [-0.4, -0.2) is 24.5 Å². The Kier molecular flexibility index (Phi) is 8.17. The standard InChI is InChI=1S/C17H25NO3/c1-3-4-5-9-12-21-17(20)16(18-14(2)19)13-15-10-7-6-8-11-15/h6-8,10-11,16H,3-5,9,12-13H2,1-2H3,(H,18,19)/t16-/m0/s1. The molecule has 116 valence electrons. The molecular formula is C17H25NO3. The predicted octanol–water partition coefficient (Wildman–Crippen LogP) is 2.86. The fraction of sp³-hybridized carbons (Fsp3) is 0.529. The summed E-state index contributed by atoms with van der Waals surface area (Å²) >= 11 is 0. The number of hydrogen-bond acceptors (Lipinski definition) is 3. The average Bonchev–Trinajstić information content (AvgIpc) is 2.47. The van der Waals surface area contributed by atoms with Gasteiger partial charge in [0.2, 0.25) is 5.91 Å². The number of hydrogen-bond donors (Lipinski definition) is 1. The Bertz CT molecular complexity index is 431. The van der Waals surface area contributed by atoms with Gasteiger partial charge in [0.1, 0.15) is 6.04 Å². The van der Waals surface area contributed by atoms with E-state index in [2.05, 4.69) is 12.2 Å². The predicted molar refractivity (Wildman–Crippen MR) is 82.9 cm³/mol. The zero-order valence-corrected chi connectivity index (χ0v) is 12.9. The van der Waals surface area contributed by atoms with Crippen molar-refractivity contribution >= 4 is 11.9 Å². The molecule has 0 radical (unpaired) electrons. The molecule has 1 aromatic rings. The number of carbonyl (C=O) groups excluding carboxylic acids is 2. The summed E-state index contributed by atoms with van der Waals surface area (Å²) in [6, 6.07) is 9.00. The van der Waals surface area contributed by atoms with E-state index in [0.717, 1.165) is 31.2 Å². The van der Waals surface area contributed by atoms with E-state index in [-0.39, 0.29) is 11.9 Å². The third-order valence-corrected chi connectivity index (χ3v) is 3.19. The van der Waals surface area contributed by atoms with Crippen LogP contribution in [0.2, 0.25) is 0 Å². The molecule has 0 aliphatic carbocycles. The molecule has 21 heavy (non-hydrogen) atoms. The summed E-state index contributed by atoms with van der Waals surface area (Å²) in [7, 11) is 0. The molecular weight excluding hydrogens is 266 g/mol. The van der Waals surface area contributed by atoms with Gasteiger partial charge in [0.15, 0.2) is 0 Å². The Balaban J connectivity index is 2.48. The number of esters is 1. The van der Waals surface area contributed by atoms with Gasteiger partial charge in [-0.15, -0.1) is 0 Å². The van der Waals surface area contributed by atoms with Gasteiger partial charge in [0.25, 0.3) is 0 Å². The lowest BCUT2D eigenvalue weighted by atomic mass is 10.1. The number of unbranched alkanes of at least 4 members (excludes halogenated alkanes) is 3. The molecule has 0 saturated heterocycles. The smallest absolute Gasteiger partial charge is 0.328 e. The van der Waals surface area contributed by atoms with Crippen LogP contribution in [0, 0.1) is 0 Å². The van der Waals surface area contributed by atoms with Gasteiger partial charge in [-0.2, -0.15) is 0 Å². The van der Waals surface area contributed by atoms with Crippen molar-refractivity contribution in [3.63, 3.8) is 0 Å². The molecule has 0 heterocycles. The quantitative estimate of drug-likeness (QED) is 0.562. The highest BCUT2D eigenvalue weighted by Crippen LogP contribution is 2.06. The fourth-order valence-corrected chi connectivity index (χ4v) is 2.09. The Labute approximate surface area is 126 Å². The first-order chi connectivity index (χ1) is 10.1. The van der Waals surface area contributed by atoms with Crippen molar-refractivity contribution in [3.05, 3.63) is 35.9 Å². The van der Waals surface area contributed by atoms with Crippen molar-refractivity contribution < 1.29 is 14.3 Å². The van der Waals surface area contributed by atoms with E-state index in [9.17, 15) is 9.59 Å². The molecule has 1 rings (SSSR count). The van der Waals surface area contributed by atoms with Crippen molar-refractivity contribution in [1.82, 2.24) is 5.32 Å². The van der Waals surface area contributed by atoms with Crippen LogP contribution >= 0.6 is 0 Å². The van der Waals surface area contributed by atoms with Gasteiger partial charge < -0.3 is 10.1 Å². The lowest BCUT2D eigenvalue weighted by molar-refractivity contribution is -0.147. The van der Waals surface area contributed by atoms with Crippen LogP contribution in [0.1, 0.15) is 45.1 Å². The highest BCUT2D eigenvalue weighted by atomic mass is 16.5. The van der Waals surface area contributed by atoms with Crippen LogP contribution in [0.5, 0.6) is 0 Å². The average molecular weight is 291 g/mol. The summed E-state index contributed by atoms with van der Waals surface area (Å²) < 4.78 is 5.27. The molecule has 0 aliphatic heterocycles. The first-order valence-electron chi connectivity index (χ1n) is 7.61. The molecule has 0 bridgehead atoms. The van der Waals surface area contributed by atoms with E-state index >= 15 is 0 Å². The van der Waals surface area contributed by atoms with Crippen LogP contribution in [0.15, 0.2) is 30.3 Å². The Morgan fingerprint density at radius 2 is 1.86 bits per heavy atom. The van der Waals surface area contributed by atoms with Crippen LogP contribution in [0.25, 0.3) is 0 Å². The van der Waals surface area contributed by atoms with E-state index in [4.69, 9.17) is 4.74 Å². The molecule has 0 aliphatic rings. The first kappa shape index (κ1) is 17.2. The summed E-state index contributed by atoms with van der Waals surface area (Å²) in [5, 5.41) is 2.67. The Morgan fingerprint density at radius 1 is 1.14 bits per heavy atom. The zero-order valence-electron chi connectivity index (χ0n) is 12.9. The molecule has 1 N–H and O–H groups in total. The van der Waals surface area contributed by atoms with Crippen molar-refractivity contribution in [1.29, 1.82) is 0 Å². The summed E-state index contributed by atoms with van der Waals surface area (Å²) in [4.78, 5) is 23.3. The highest BCUT2D eigenvalue weighted by molar-refractivity contribution is 5.83. The molecule has 0 fully saturated rings. The van der Waals surface area contributed by atoms with Gasteiger partial charge in [-0.05, 0) is 12.0 Å². The van der Waals surface area contributed by atoms with E-state index < -0.39 is 6.04 Å². The molecule has 1 atom stereocenters. The van der Waals surface area contributed by atoms with Gasteiger partial charge in [0.05, 0.1) is 6.61 Å². The molecule has 4 nitrogen and oxygen atoms in total. The molecule has 0 spiro atoms. The van der Waals surface area contributed by atoms with Crippen LogP contribution in [0.3, 0.4) is 0 Å². The summed E-state index contributed by atoms with van der Waals surface area (Å²) in [6.45, 7) is 3.97. The second-order valence-corrected chi connectivity index (χ2v) is 5.17. The highest BCUT2D eigenvalue weighted by Gasteiger charge is 2.21. The maximum Gasteiger partial charge on any atom is 0.328 e. The van der Waals surface area contributed by atoms with Crippen molar-refractivity contribution in [2.45, 2.75) is 52.0 Å². The van der Waals surface area contributed by atoms with Crippen LogP contribution in [0.4, 0.5) is 0 Å². The summed E-state index contributed by atoms with van der Waals surface area (Å²) in [5.41, 5.74) is 0.999. The molecule has 0 unspecified atom stereocenters. The molecule has 0 aromatic heterocycles. The van der Waals surface area contributed by atoms with Gasteiger partial charge in [0, 0.05) is 13.3 Å². The lowest BCUT2D eigenvalue weighted by Crippen LogP contribution is -2.42. The third kappa shape index (κ3) is 7.49. The molecule has 1 aromatic carbocycles. The minimum atomic E-state index is -0.615. The monoisotopic (exact) mass is 291 g/mol. The Hall–Kier alpha value is -1.84. The van der Waals surface area contributed by atoms with Gasteiger partial charge in [-0.3, -0.25) is 4.79 Å². The van der Waals surface area contributed by atoms with Crippen molar-refractivity contribution in [3.8, 4) is 0 Å². The number of nitrogens with one attached hydrogen (secondary N) is 1. The summed E-state index contributed by atoms with van der Waals surface area (Å²) in [5.74, 6) is -0.579. The Morgan fingerprint density at radius 3 is 2.48 bits per heavy atom. The largest absolute Gasteiger partial charge is 0.464 e. The van der Waals surface area contributed by atoms with Crippen LogP contribution < -0.4 is 5.32 Å². The SMILES string of the molecule is CCCCCCOC(=O)[C@H](Cc1ccccc1)NC(C)=O. The molecule has 1 amide bonds. The third-order valence-electron chi connectivity index (χ3n) is 3.19. The number of ether oxygens (including phenoxy) is 1. The van der Waals surface area contributed by atoms with Gasteiger partial charge in [-0.1, -0.05) is 56.5 Å². The number of carbonyl (C=O) groups is 2. The van der Waals surface area contributed by atoms with E-state index in [1.807, 2.05) is 30.3 Å². The molecule has 4 heteroatoms. The first-order valence-corrected chi connectivity index (χ1v) is 7.61. The second-order valence-electron chi connectivity index (χ2n) is 5.17. The minimum absolute atomic E-state index is 0.223. The van der Waals surface area contributed by atoms with Gasteiger partial charge >= 0.3 is 5.97 Å². The van der Waals surface area contributed by atoms with E-state index in [0.29, 0.717) is 13.0 Å². The minimum Gasteiger partial charge on any atom is -0.464 e. The lowest BCUT2D eigenvalue weighted by Gasteiger charge is -2.17. The summed E-state index contributed by atoms with van der Waals surface area (Å²) in [6.07, 6.45) is 4.69. The van der Waals surface area contributed by atoms with Gasteiger partial charge in [-0.25, -0.2) is 4.79 Å². The number of amides is 1. The second kappa shape index (κ2) is 9.97. The number of benzene rings is 1. The molecule has 0 saturated carbocycles. The van der Waals surface area contributed by atoms with E-state index in [1.165, 1.54) is 6.92 Å². The zero-order chi connectivity index (χ0) is 15.5. The van der Waals surface area contributed by atoms with E-state index in [1.54, 1.807) is 0 Å². The fourth-order valence-electron chi connectivity index (χ4n) is 2.09. The van der Waals surface area contributed by atoms with Crippen LogP contribution in [-0.2, 0) is 20.7 Å². The van der Waals surface area contributed by atoms with Crippen molar-refractivity contribution in [2.24, 2.45) is 0 Å². The normalized spacial score (nSPS) is 11.7. The maximum atomic E-state index is 12.1. The maximum absolute atomic E-state index is 12.1. The van der Waals surface area contributed by atoms with Crippen molar-refractivity contribution in [2.75, 3.05) is 6.61 Å². The number of rotatable bonds is 9.